The molecule has 1 fully saturated rings. The van der Waals surface area contributed by atoms with Crippen molar-refractivity contribution in [1.29, 1.82) is 0 Å². The number of hydrogen-bond donors (Lipinski definition) is 1. The minimum Gasteiger partial charge on any atom is -0.439 e. The summed E-state index contributed by atoms with van der Waals surface area (Å²) in [6, 6.07) is 7.52. The molecular formula is C16H19N3O3. The molecule has 1 saturated heterocycles. The molecule has 1 aliphatic rings. The topological polar surface area (TPSA) is 75.4 Å². The van der Waals surface area contributed by atoms with Crippen molar-refractivity contribution >= 4 is 22.9 Å². The molecule has 1 aromatic heterocycles. The molecule has 2 aromatic rings. The van der Waals surface area contributed by atoms with E-state index in [1.165, 1.54) is 0 Å². The van der Waals surface area contributed by atoms with Gasteiger partial charge >= 0.3 is 0 Å². The fourth-order valence-corrected chi connectivity index (χ4v) is 2.76. The van der Waals surface area contributed by atoms with Crippen LogP contribution in [0.4, 0.5) is 0 Å². The number of rotatable bonds is 3. The summed E-state index contributed by atoms with van der Waals surface area (Å²) in [5, 5.41) is 2.88. The van der Waals surface area contributed by atoms with Gasteiger partial charge in [0.05, 0.1) is 6.54 Å². The number of piperidine rings is 1. The fourth-order valence-electron chi connectivity index (χ4n) is 2.76. The van der Waals surface area contributed by atoms with Crippen LogP contribution in [0.15, 0.2) is 28.7 Å². The van der Waals surface area contributed by atoms with Crippen molar-refractivity contribution in [3.05, 3.63) is 30.2 Å². The molecule has 2 amide bonds. The van der Waals surface area contributed by atoms with Gasteiger partial charge in [0.15, 0.2) is 5.58 Å². The molecule has 1 aromatic carbocycles. The number of aromatic nitrogens is 1. The average Bonchev–Trinajstić information content (AvgIpc) is 2.95. The zero-order valence-corrected chi connectivity index (χ0v) is 12.5. The number of carbonyl (C=O) groups excluding carboxylic acids is 2. The first-order valence-corrected chi connectivity index (χ1v) is 7.51. The largest absolute Gasteiger partial charge is 0.439 e. The first-order chi connectivity index (χ1) is 10.6. The van der Waals surface area contributed by atoms with Crippen molar-refractivity contribution in [2.75, 3.05) is 13.1 Å². The maximum atomic E-state index is 12.2. The molecule has 0 unspecified atom stereocenters. The van der Waals surface area contributed by atoms with Crippen molar-refractivity contribution in [1.82, 2.24) is 15.2 Å². The second-order valence-electron chi connectivity index (χ2n) is 5.57. The van der Waals surface area contributed by atoms with Gasteiger partial charge < -0.3 is 14.6 Å². The zero-order valence-electron chi connectivity index (χ0n) is 12.5. The predicted octanol–water partition coefficient (Wildman–Crippen LogP) is 1.70. The van der Waals surface area contributed by atoms with E-state index in [-0.39, 0.29) is 17.7 Å². The number of likely N-dealkylation sites (tertiary alicyclic amines) is 1. The Bertz CT molecular complexity index is 654. The Morgan fingerprint density at radius 2 is 2.05 bits per heavy atom. The molecule has 1 aliphatic heterocycles. The van der Waals surface area contributed by atoms with Crippen molar-refractivity contribution in [3.8, 4) is 0 Å². The van der Waals surface area contributed by atoms with E-state index in [0.29, 0.717) is 38.4 Å². The van der Waals surface area contributed by atoms with Crippen LogP contribution in [-0.4, -0.2) is 34.8 Å². The number of nitrogens with zero attached hydrogens (tertiary/aromatic N) is 2. The molecule has 6 nitrogen and oxygen atoms in total. The number of oxazole rings is 1. The van der Waals surface area contributed by atoms with Gasteiger partial charge in [-0.1, -0.05) is 12.1 Å². The lowest BCUT2D eigenvalue weighted by Crippen LogP contribution is -2.42. The van der Waals surface area contributed by atoms with Crippen LogP contribution in [0, 0.1) is 5.92 Å². The molecule has 0 radical (unpaired) electrons. The lowest BCUT2D eigenvalue weighted by molar-refractivity contribution is -0.134. The first-order valence-electron chi connectivity index (χ1n) is 7.51. The van der Waals surface area contributed by atoms with Crippen molar-refractivity contribution < 1.29 is 14.0 Å². The Kier molecular flexibility index (Phi) is 4.09. The van der Waals surface area contributed by atoms with E-state index in [0.717, 1.165) is 11.1 Å². The van der Waals surface area contributed by atoms with Gasteiger partial charge in [-0.25, -0.2) is 4.98 Å². The number of benzene rings is 1. The molecular weight excluding hydrogens is 282 g/mol. The van der Waals surface area contributed by atoms with Crippen LogP contribution < -0.4 is 5.32 Å². The van der Waals surface area contributed by atoms with E-state index in [2.05, 4.69) is 10.3 Å². The summed E-state index contributed by atoms with van der Waals surface area (Å²) in [6.45, 7) is 3.15. The third kappa shape index (κ3) is 3.10. The Hall–Kier alpha value is -2.37. The van der Waals surface area contributed by atoms with Gasteiger partial charge in [0.2, 0.25) is 17.7 Å². The molecule has 3 rings (SSSR count). The second-order valence-corrected chi connectivity index (χ2v) is 5.57. The van der Waals surface area contributed by atoms with Crippen molar-refractivity contribution in [3.63, 3.8) is 0 Å². The van der Waals surface area contributed by atoms with E-state index in [4.69, 9.17) is 4.42 Å². The van der Waals surface area contributed by atoms with E-state index < -0.39 is 0 Å². The van der Waals surface area contributed by atoms with Crippen LogP contribution in [0.25, 0.3) is 11.1 Å². The molecule has 1 N–H and O–H groups in total. The van der Waals surface area contributed by atoms with Gasteiger partial charge in [-0.3, -0.25) is 9.59 Å². The molecule has 0 atom stereocenters. The quantitative estimate of drug-likeness (QED) is 0.936. The summed E-state index contributed by atoms with van der Waals surface area (Å²) in [7, 11) is 0. The van der Waals surface area contributed by atoms with Crippen molar-refractivity contribution in [2.24, 2.45) is 5.92 Å². The third-order valence-corrected chi connectivity index (χ3v) is 4.06. The maximum Gasteiger partial charge on any atom is 0.223 e. The summed E-state index contributed by atoms with van der Waals surface area (Å²) in [5.74, 6) is 0.548. The minimum absolute atomic E-state index is 0.00505. The first kappa shape index (κ1) is 14.6. The molecule has 22 heavy (non-hydrogen) atoms. The highest BCUT2D eigenvalue weighted by molar-refractivity contribution is 5.79. The van der Waals surface area contributed by atoms with Crippen LogP contribution in [0.1, 0.15) is 25.7 Å². The highest BCUT2D eigenvalue weighted by Gasteiger charge is 2.26. The number of para-hydroxylation sites is 2. The van der Waals surface area contributed by atoms with Gasteiger partial charge in [0, 0.05) is 25.9 Å². The fraction of sp³-hybridized carbons (Fsp3) is 0.438. The number of hydrogen-bond acceptors (Lipinski definition) is 4. The maximum absolute atomic E-state index is 12.2. The normalized spacial score (nSPS) is 16.0. The van der Waals surface area contributed by atoms with E-state index in [9.17, 15) is 9.59 Å². The van der Waals surface area contributed by atoms with Gasteiger partial charge in [0.1, 0.15) is 5.52 Å². The van der Waals surface area contributed by atoms with Crippen LogP contribution in [0.5, 0.6) is 0 Å². The lowest BCUT2D eigenvalue weighted by atomic mass is 9.96. The molecule has 0 bridgehead atoms. The van der Waals surface area contributed by atoms with E-state index in [1.807, 2.05) is 24.3 Å². The molecule has 0 spiro atoms. The Morgan fingerprint density at radius 1 is 1.32 bits per heavy atom. The van der Waals surface area contributed by atoms with Gasteiger partial charge in [-0.2, -0.15) is 0 Å². The van der Waals surface area contributed by atoms with Gasteiger partial charge in [0.25, 0.3) is 0 Å². The standard InChI is InChI=1S/C16H19N3O3/c1-11(20)19-8-6-12(7-9-19)16(21)17-10-15-18-13-4-2-3-5-14(13)22-15/h2-5,12H,6-10H2,1H3,(H,17,21). The number of carbonyl (C=O) groups is 2. The molecule has 0 aliphatic carbocycles. The second kappa shape index (κ2) is 6.17. The van der Waals surface area contributed by atoms with Crippen LogP contribution in [-0.2, 0) is 16.1 Å². The van der Waals surface area contributed by atoms with Crippen LogP contribution in [0.3, 0.4) is 0 Å². The Balaban J connectivity index is 1.53. The summed E-state index contributed by atoms with van der Waals surface area (Å²) in [5.41, 5.74) is 1.52. The highest BCUT2D eigenvalue weighted by atomic mass is 16.3. The number of fused-ring (bicyclic) bond motifs is 1. The lowest BCUT2D eigenvalue weighted by Gasteiger charge is -2.30. The van der Waals surface area contributed by atoms with Gasteiger partial charge in [-0.15, -0.1) is 0 Å². The summed E-state index contributed by atoms with van der Waals surface area (Å²) < 4.78 is 5.58. The Labute approximate surface area is 128 Å². The Morgan fingerprint density at radius 3 is 2.73 bits per heavy atom. The third-order valence-electron chi connectivity index (χ3n) is 4.06. The highest BCUT2D eigenvalue weighted by Crippen LogP contribution is 2.18. The number of nitrogens with one attached hydrogen (secondary N) is 1. The number of amides is 2. The molecule has 6 heteroatoms. The monoisotopic (exact) mass is 301 g/mol. The molecule has 2 heterocycles. The summed E-state index contributed by atoms with van der Waals surface area (Å²) in [4.78, 5) is 29.6. The molecule has 0 saturated carbocycles. The zero-order chi connectivity index (χ0) is 15.5. The predicted molar refractivity (Wildman–Crippen MR) is 80.8 cm³/mol. The van der Waals surface area contributed by atoms with Crippen LogP contribution >= 0.6 is 0 Å². The minimum atomic E-state index is -0.0417. The average molecular weight is 301 g/mol. The summed E-state index contributed by atoms with van der Waals surface area (Å²) in [6.07, 6.45) is 1.41. The van der Waals surface area contributed by atoms with Crippen LogP contribution in [0.2, 0.25) is 0 Å². The smallest absolute Gasteiger partial charge is 0.223 e. The van der Waals surface area contributed by atoms with E-state index in [1.54, 1.807) is 11.8 Å². The SMILES string of the molecule is CC(=O)N1CCC(C(=O)NCc2nc3ccccc3o2)CC1. The molecule has 116 valence electrons. The summed E-state index contributed by atoms with van der Waals surface area (Å²) >= 11 is 0. The van der Waals surface area contributed by atoms with E-state index >= 15 is 0 Å². The van der Waals surface area contributed by atoms with Gasteiger partial charge in [-0.05, 0) is 25.0 Å². The van der Waals surface area contributed by atoms with Crippen molar-refractivity contribution in [2.45, 2.75) is 26.3 Å².